The smallest absolute Gasteiger partial charge is 0.271 e. The first-order valence-corrected chi connectivity index (χ1v) is 9.66. The van der Waals surface area contributed by atoms with Crippen molar-refractivity contribution < 1.29 is 8.42 Å². The van der Waals surface area contributed by atoms with Gasteiger partial charge in [0.2, 0.25) is 0 Å². The second-order valence-electron chi connectivity index (χ2n) is 4.23. The number of rotatable bonds is 6. The highest BCUT2D eigenvalue weighted by Crippen LogP contribution is 2.29. The lowest BCUT2D eigenvalue weighted by Gasteiger charge is -2.08. The molecule has 0 saturated carbocycles. The molecule has 1 aromatic heterocycles. The molecule has 1 heterocycles. The molecule has 0 radical (unpaired) electrons. The van der Waals surface area contributed by atoms with Gasteiger partial charge in [-0.25, -0.2) is 8.42 Å². The van der Waals surface area contributed by atoms with Crippen LogP contribution in [0, 0.1) is 0 Å². The quantitative estimate of drug-likeness (QED) is 0.756. The van der Waals surface area contributed by atoms with Gasteiger partial charge in [0.15, 0.2) is 0 Å². The lowest BCUT2D eigenvalue weighted by atomic mass is 10.3. The SMILES string of the molecule is CCNCc1ccc(S(=O)(=O)Nc2ccc(Br)cc2Cl)s1. The standard InChI is InChI=1S/C13H14BrClN2O2S2/c1-2-16-8-10-4-6-13(20-10)21(18,19)17-12-5-3-9(14)7-11(12)15/h3-7,16-17H,2,8H2,1H3. The fraction of sp³-hybridized carbons (Fsp3) is 0.231. The van der Waals surface area contributed by atoms with Crippen LogP contribution in [-0.4, -0.2) is 15.0 Å². The second kappa shape index (κ2) is 7.11. The molecule has 4 nitrogen and oxygen atoms in total. The Balaban J connectivity index is 2.19. The minimum atomic E-state index is -3.61. The average Bonchev–Trinajstić information content (AvgIpc) is 2.89. The van der Waals surface area contributed by atoms with E-state index in [9.17, 15) is 8.42 Å². The van der Waals surface area contributed by atoms with Crippen LogP contribution in [-0.2, 0) is 16.6 Å². The van der Waals surface area contributed by atoms with Gasteiger partial charge < -0.3 is 5.32 Å². The van der Waals surface area contributed by atoms with E-state index in [-0.39, 0.29) is 4.21 Å². The molecule has 0 unspecified atom stereocenters. The van der Waals surface area contributed by atoms with Crippen LogP contribution in [0.25, 0.3) is 0 Å². The van der Waals surface area contributed by atoms with Crippen molar-refractivity contribution in [3.8, 4) is 0 Å². The molecule has 0 bridgehead atoms. The summed E-state index contributed by atoms with van der Waals surface area (Å²) in [7, 11) is -3.61. The first-order valence-electron chi connectivity index (χ1n) is 6.19. The van der Waals surface area contributed by atoms with Crippen LogP contribution in [0.2, 0.25) is 5.02 Å². The number of thiophene rings is 1. The summed E-state index contributed by atoms with van der Waals surface area (Å²) in [6, 6.07) is 8.41. The molecule has 0 fully saturated rings. The molecule has 0 amide bonds. The zero-order valence-electron chi connectivity index (χ0n) is 11.2. The Labute approximate surface area is 141 Å². The molecule has 2 aromatic rings. The molecule has 2 N–H and O–H groups in total. The molecule has 8 heteroatoms. The first kappa shape index (κ1) is 16.8. The van der Waals surface area contributed by atoms with Crippen LogP contribution in [0.5, 0.6) is 0 Å². The number of hydrogen-bond acceptors (Lipinski definition) is 4. The van der Waals surface area contributed by atoms with E-state index in [2.05, 4.69) is 26.0 Å². The summed E-state index contributed by atoms with van der Waals surface area (Å²) >= 11 is 10.6. The minimum Gasteiger partial charge on any atom is -0.312 e. The summed E-state index contributed by atoms with van der Waals surface area (Å²) in [4.78, 5) is 0.971. The van der Waals surface area contributed by atoms with Crippen molar-refractivity contribution in [1.82, 2.24) is 5.32 Å². The Morgan fingerprint density at radius 1 is 1.29 bits per heavy atom. The van der Waals surface area contributed by atoms with Crippen molar-refractivity contribution in [3.05, 3.63) is 44.7 Å². The van der Waals surface area contributed by atoms with Gasteiger partial charge in [-0.15, -0.1) is 11.3 Å². The summed E-state index contributed by atoms with van der Waals surface area (Å²) in [5.41, 5.74) is 0.362. The molecule has 1 aromatic carbocycles. The molecule has 0 aliphatic heterocycles. The lowest BCUT2D eigenvalue weighted by molar-refractivity contribution is 0.603. The summed E-state index contributed by atoms with van der Waals surface area (Å²) in [6.07, 6.45) is 0. The molecule has 0 atom stereocenters. The Hall–Kier alpha value is -0.600. The van der Waals surface area contributed by atoms with Crippen molar-refractivity contribution in [1.29, 1.82) is 0 Å². The fourth-order valence-electron chi connectivity index (χ4n) is 1.61. The van der Waals surface area contributed by atoms with Crippen molar-refractivity contribution in [3.63, 3.8) is 0 Å². The van der Waals surface area contributed by atoms with Crippen LogP contribution in [0.15, 0.2) is 39.0 Å². The third-order valence-electron chi connectivity index (χ3n) is 2.63. The number of benzene rings is 1. The van der Waals surface area contributed by atoms with Crippen molar-refractivity contribution in [2.45, 2.75) is 17.7 Å². The largest absolute Gasteiger partial charge is 0.312 e. The number of hydrogen-bond donors (Lipinski definition) is 2. The Morgan fingerprint density at radius 2 is 2.05 bits per heavy atom. The summed E-state index contributed by atoms with van der Waals surface area (Å²) in [5.74, 6) is 0. The van der Waals surface area contributed by atoms with Crippen LogP contribution in [0.4, 0.5) is 5.69 Å². The molecule has 21 heavy (non-hydrogen) atoms. The lowest BCUT2D eigenvalue weighted by Crippen LogP contribution is -2.12. The summed E-state index contributed by atoms with van der Waals surface area (Å²) < 4.78 is 28.2. The Kier molecular flexibility index (Phi) is 5.67. The van der Waals surface area contributed by atoms with Gasteiger partial charge in [-0.1, -0.05) is 34.5 Å². The third kappa shape index (κ3) is 4.43. The Bertz CT molecular complexity index is 732. The highest BCUT2D eigenvalue weighted by Gasteiger charge is 2.18. The van der Waals surface area contributed by atoms with Crippen LogP contribution in [0.3, 0.4) is 0 Å². The van der Waals surface area contributed by atoms with Gasteiger partial charge in [0.1, 0.15) is 4.21 Å². The van der Waals surface area contributed by atoms with Gasteiger partial charge in [0, 0.05) is 15.9 Å². The van der Waals surface area contributed by atoms with Crippen molar-refractivity contribution in [2.75, 3.05) is 11.3 Å². The van der Waals surface area contributed by atoms with E-state index in [0.29, 0.717) is 17.3 Å². The van der Waals surface area contributed by atoms with Crippen molar-refractivity contribution >= 4 is 54.6 Å². The van der Waals surface area contributed by atoms with E-state index in [1.165, 1.54) is 11.3 Å². The first-order chi connectivity index (χ1) is 9.92. The predicted molar refractivity (Wildman–Crippen MR) is 91.7 cm³/mol. The molecular formula is C13H14BrClN2O2S2. The summed E-state index contributed by atoms with van der Waals surface area (Å²) in [5, 5.41) is 3.51. The van der Waals surface area contributed by atoms with Crippen LogP contribution >= 0.6 is 38.9 Å². The highest BCUT2D eigenvalue weighted by atomic mass is 79.9. The van der Waals surface area contributed by atoms with E-state index in [4.69, 9.17) is 11.6 Å². The monoisotopic (exact) mass is 408 g/mol. The molecule has 2 rings (SSSR count). The van der Waals surface area contributed by atoms with Crippen LogP contribution < -0.4 is 10.0 Å². The highest BCUT2D eigenvalue weighted by molar-refractivity contribution is 9.10. The molecule has 0 aliphatic rings. The predicted octanol–water partition coefficient (Wildman–Crippen LogP) is 4.07. The maximum absolute atomic E-state index is 12.3. The molecular weight excluding hydrogens is 396 g/mol. The molecule has 0 aliphatic carbocycles. The van der Waals surface area contributed by atoms with Gasteiger partial charge in [-0.05, 0) is 36.9 Å². The van der Waals surface area contributed by atoms with Gasteiger partial charge in [-0.2, -0.15) is 0 Å². The van der Waals surface area contributed by atoms with Gasteiger partial charge in [0.25, 0.3) is 10.0 Å². The zero-order valence-corrected chi connectivity index (χ0v) is 15.2. The van der Waals surface area contributed by atoms with Crippen LogP contribution in [0.1, 0.15) is 11.8 Å². The molecule has 0 saturated heterocycles. The Morgan fingerprint density at radius 3 is 2.71 bits per heavy atom. The number of nitrogens with one attached hydrogen (secondary N) is 2. The average molecular weight is 410 g/mol. The van der Waals surface area contributed by atoms with Gasteiger partial charge >= 0.3 is 0 Å². The van der Waals surface area contributed by atoms with E-state index < -0.39 is 10.0 Å². The minimum absolute atomic E-state index is 0.273. The maximum Gasteiger partial charge on any atom is 0.271 e. The van der Waals surface area contributed by atoms with E-state index in [1.54, 1.807) is 24.3 Å². The van der Waals surface area contributed by atoms with Gasteiger partial charge in [0.05, 0.1) is 10.7 Å². The van der Waals surface area contributed by atoms with Crippen molar-refractivity contribution in [2.24, 2.45) is 0 Å². The topological polar surface area (TPSA) is 58.2 Å². The van der Waals surface area contributed by atoms with E-state index in [0.717, 1.165) is 15.9 Å². The maximum atomic E-state index is 12.3. The second-order valence-corrected chi connectivity index (χ2v) is 8.63. The normalized spacial score (nSPS) is 11.6. The fourth-order valence-corrected chi connectivity index (χ4v) is 4.79. The molecule has 0 spiro atoms. The molecule has 114 valence electrons. The number of halogens is 2. The number of anilines is 1. The zero-order chi connectivity index (χ0) is 15.5. The third-order valence-corrected chi connectivity index (χ3v) is 6.38. The summed E-state index contributed by atoms with van der Waals surface area (Å²) in [6.45, 7) is 3.50. The van der Waals surface area contributed by atoms with E-state index in [1.807, 2.05) is 13.0 Å². The van der Waals surface area contributed by atoms with E-state index >= 15 is 0 Å². The number of sulfonamides is 1. The van der Waals surface area contributed by atoms with Gasteiger partial charge in [-0.3, -0.25) is 4.72 Å².